The van der Waals surface area contributed by atoms with E-state index in [1.165, 1.54) is 0 Å². The first-order chi connectivity index (χ1) is 7.59. The normalized spacial score (nSPS) is 11.8. The van der Waals surface area contributed by atoms with Gasteiger partial charge in [-0.05, 0) is 5.56 Å². The molecule has 3 N–H and O–H groups in total. The summed E-state index contributed by atoms with van der Waals surface area (Å²) in [6, 6.07) is 9.22. The van der Waals surface area contributed by atoms with E-state index in [4.69, 9.17) is 10.2 Å². The highest BCUT2D eigenvalue weighted by atomic mass is 16.4. The molecule has 0 aromatic heterocycles. The molecule has 0 aliphatic rings. The smallest absolute Gasteiger partial charge is 0.333 e. The Labute approximate surface area is 92.7 Å². The molecule has 5 nitrogen and oxygen atoms in total. The van der Waals surface area contributed by atoms with Gasteiger partial charge in [-0.1, -0.05) is 30.3 Å². The molecule has 86 valence electrons. The maximum atomic E-state index is 11.2. The van der Waals surface area contributed by atoms with Crippen molar-refractivity contribution in [2.75, 3.05) is 0 Å². The molecule has 0 aliphatic heterocycles. The Morgan fingerprint density at radius 1 is 1.25 bits per heavy atom. The van der Waals surface area contributed by atoms with Gasteiger partial charge in [-0.25, -0.2) is 4.79 Å². The standard InChI is InChI=1S/C11H13NO4/c13-9(11(15)16)6-10(14)12-7-8-4-2-1-3-5-8/h1-5,9,13H,6-7H2,(H,12,14)(H,15,16)/t9-/m0/s1. The van der Waals surface area contributed by atoms with Gasteiger partial charge in [0.05, 0.1) is 6.42 Å². The Balaban J connectivity index is 2.33. The van der Waals surface area contributed by atoms with Gasteiger partial charge in [-0.2, -0.15) is 0 Å². The zero-order valence-electron chi connectivity index (χ0n) is 8.59. The molecule has 1 amide bonds. The van der Waals surface area contributed by atoms with E-state index in [2.05, 4.69) is 5.32 Å². The number of amides is 1. The molecule has 5 heteroatoms. The second-order valence-electron chi connectivity index (χ2n) is 3.32. The van der Waals surface area contributed by atoms with Crippen molar-refractivity contribution in [2.45, 2.75) is 19.1 Å². The summed E-state index contributed by atoms with van der Waals surface area (Å²) >= 11 is 0. The summed E-state index contributed by atoms with van der Waals surface area (Å²) in [7, 11) is 0. The third-order valence-corrected chi connectivity index (χ3v) is 2.00. The van der Waals surface area contributed by atoms with Crippen LogP contribution >= 0.6 is 0 Å². The molecule has 0 saturated heterocycles. The molecule has 0 bridgehead atoms. The quantitative estimate of drug-likeness (QED) is 0.662. The highest BCUT2D eigenvalue weighted by Crippen LogP contribution is 1.98. The van der Waals surface area contributed by atoms with Crippen molar-refractivity contribution in [3.63, 3.8) is 0 Å². The number of benzene rings is 1. The first-order valence-corrected chi connectivity index (χ1v) is 4.81. The van der Waals surface area contributed by atoms with Gasteiger partial charge in [-0.3, -0.25) is 4.79 Å². The van der Waals surface area contributed by atoms with Crippen molar-refractivity contribution in [1.82, 2.24) is 5.32 Å². The number of carbonyl (C=O) groups excluding carboxylic acids is 1. The number of rotatable bonds is 5. The van der Waals surface area contributed by atoms with Crippen molar-refractivity contribution in [1.29, 1.82) is 0 Å². The van der Waals surface area contributed by atoms with Crippen molar-refractivity contribution < 1.29 is 19.8 Å². The first kappa shape index (κ1) is 12.2. The van der Waals surface area contributed by atoms with Gasteiger partial charge >= 0.3 is 5.97 Å². The van der Waals surface area contributed by atoms with Crippen LogP contribution in [0.1, 0.15) is 12.0 Å². The van der Waals surface area contributed by atoms with E-state index < -0.39 is 24.4 Å². The minimum atomic E-state index is -1.64. The van der Waals surface area contributed by atoms with Crippen LogP contribution in [-0.2, 0) is 16.1 Å². The van der Waals surface area contributed by atoms with Gasteiger partial charge in [0, 0.05) is 6.54 Å². The summed E-state index contributed by atoms with van der Waals surface area (Å²) in [6.07, 6.45) is -2.07. The lowest BCUT2D eigenvalue weighted by Gasteiger charge is -2.07. The van der Waals surface area contributed by atoms with E-state index in [9.17, 15) is 9.59 Å². The minimum Gasteiger partial charge on any atom is -0.479 e. The van der Waals surface area contributed by atoms with Gasteiger partial charge in [0.2, 0.25) is 5.91 Å². The molecule has 1 aromatic rings. The lowest BCUT2D eigenvalue weighted by atomic mass is 10.2. The number of carbonyl (C=O) groups is 2. The fourth-order valence-electron chi connectivity index (χ4n) is 1.13. The van der Waals surface area contributed by atoms with Crippen molar-refractivity contribution in [3.8, 4) is 0 Å². The topological polar surface area (TPSA) is 86.6 Å². The second kappa shape index (κ2) is 5.87. The lowest BCUT2D eigenvalue weighted by molar-refractivity contribution is -0.149. The average Bonchev–Trinajstić information content (AvgIpc) is 2.27. The van der Waals surface area contributed by atoms with Crippen LogP contribution in [0.5, 0.6) is 0 Å². The molecular formula is C11H13NO4. The zero-order chi connectivity index (χ0) is 12.0. The van der Waals surface area contributed by atoms with E-state index in [1.54, 1.807) is 0 Å². The summed E-state index contributed by atoms with van der Waals surface area (Å²) < 4.78 is 0. The van der Waals surface area contributed by atoms with Crippen LogP contribution in [0.2, 0.25) is 0 Å². The molecule has 0 aliphatic carbocycles. The lowest BCUT2D eigenvalue weighted by Crippen LogP contribution is -2.30. The fourth-order valence-corrected chi connectivity index (χ4v) is 1.13. The van der Waals surface area contributed by atoms with Gasteiger partial charge in [0.25, 0.3) is 0 Å². The summed E-state index contributed by atoms with van der Waals surface area (Å²) in [5.41, 5.74) is 0.917. The van der Waals surface area contributed by atoms with Gasteiger partial charge < -0.3 is 15.5 Å². The largest absolute Gasteiger partial charge is 0.479 e. The van der Waals surface area contributed by atoms with Crippen LogP contribution in [0.3, 0.4) is 0 Å². The van der Waals surface area contributed by atoms with Crippen LogP contribution in [0.25, 0.3) is 0 Å². The molecule has 1 rings (SSSR count). The van der Waals surface area contributed by atoms with E-state index >= 15 is 0 Å². The van der Waals surface area contributed by atoms with Crippen LogP contribution in [0.4, 0.5) is 0 Å². The van der Waals surface area contributed by atoms with Gasteiger partial charge in [-0.15, -0.1) is 0 Å². The SMILES string of the molecule is O=C(C[C@H](O)C(=O)O)NCc1ccccc1. The van der Waals surface area contributed by atoms with Crippen LogP contribution in [0.15, 0.2) is 30.3 Å². The highest BCUT2D eigenvalue weighted by molar-refractivity contribution is 5.83. The predicted molar refractivity (Wildman–Crippen MR) is 56.5 cm³/mol. The molecule has 0 unspecified atom stereocenters. The maximum absolute atomic E-state index is 11.2. The Morgan fingerprint density at radius 2 is 1.88 bits per heavy atom. The van der Waals surface area contributed by atoms with E-state index in [0.717, 1.165) is 5.56 Å². The fraction of sp³-hybridized carbons (Fsp3) is 0.273. The van der Waals surface area contributed by atoms with Crippen LogP contribution in [-0.4, -0.2) is 28.2 Å². The number of aliphatic hydroxyl groups is 1. The summed E-state index contributed by atoms with van der Waals surface area (Å²) in [6.45, 7) is 0.325. The maximum Gasteiger partial charge on any atom is 0.333 e. The van der Waals surface area contributed by atoms with Crippen molar-refractivity contribution >= 4 is 11.9 Å². The molecule has 0 spiro atoms. The zero-order valence-corrected chi connectivity index (χ0v) is 8.59. The van der Waals surface area contributed by atoms with Crippen molar-refractivity contribution in [2.24, 2.45) is 0 Å². The number of aliphatic hydroxyl groups excluding tert-OH is 1. The second-order valence-corrected chi connectivity index (χ2v) is 3.32. The summed E-state index contributed by atoms with van der Waals surface area (Å²) in [5, 5.41) is 19.8. The third-order valence-electron chi connectivity index (χ3n) is 2.00. The van der Waals surface area contributed by atoms with Gasteiger partial charge in [0.15, 0.2) is 6.10 Å². The Hall–Kier alpha value is -1.88. The van der Waals surface area contributed by atoms with Crippen LogP contribution < -0.4 is 5.32 Å². The molecule has 1 atom stereocenters. The third kappa shape index (κ3) is 4.10. The summed E-state index contributed by atoms with van der Waals surface area (Å²) in [5.74, 6) is -1.88. The molecule has 0 saturated carbocycles. The molecular weight excluding hydrogens is 210 g/mol. The van der Waals surface area contributed by atoms with E-state index in [0.29, 0.717) is 6.54 Å². The summed E-state index contributed by atoms with van der Waals surface area (Å²) in [4.78, 5) is 21.5. The van der Waals surface area contributed by atoms with Crippen LogP contribution in [0, 0.1) is 0 Å². The molecule has 0 radical (unpaired) electrons. The number of carboxylic acid groups (broad SMARTS) is 1. The number of nitrogens with one attached hydrogen (secondary N) is 1. The number of carboxylic acids is 1. The van der Waals surface area contributed by atoms with E-state index in [-0.39, 0.29) is 0 Å². The number of aliphatic carboxylic acids is 1. The Bertz CT molecular complexity index is 364. The van der Waals surface area contributed by atoms with E-state index in [1.807, 2.05) is 30.3 Å². The average molecular weight is 223 g/mol. The molecule has 16 heavy (non-hydrogen) atoms. The Kier molecular flexibility index (Phi) is 4.47. The molecule has 1 aromatic carbocycles. The highest BCUT2D eigenvalue weighted by Gasteiger charge is 2.17. The number of hydrogen-bond acceptors (Lipinski definition) is 3. The Morgan fingerprint density at radius 3 is 2.44 bits per heavy atom. The molecule has 0 heterocycles. The predicted octanol–water partition coefficient (Wildman–Crippen LogP) is 0.138. The molecule has 0 fully saturated rings. The minimum absolute atomic E-state index is 0.325. The van der Waals surface area contributed by atoms with Crippen molar-refractivity contribution in [3.05, 3.63) is 35.9 Å². The van der Waals surface area contributed by atoms with Gasteiger partial charge in [0.1, 0.15) is 0 Å². The number of hydrogen-bond donors (Lipinski definition) is 3. The monoisotopic (exact) mass is 223 g/mol. The first-order valence-electron chi connectivity index (χ1n) is 4.81.